The van der Waals surface area contributed by atoms with E-state index in [1.165, 1.54) is 17.7 Å². The van der Waals surface area contributed by atoms with E-state index in [1.807, 2.05) is 25.1 Å². The number of benzene rings is 1. The monoisotopic (exact) mass is 451 g/mol. The molecular formula is C18H13ClF3N7S. The third-order valence-electron chi connectivity index (χ3n) is 4.06. The molecule has 0 aliphatic rings. The van der Waals surface area contributed by atoms with Crippen LogP contribution in [0.1, 0.15) is 11.1 Å². The highest BCUT2D eigenvalue weighted by atomic mass is 35.5. The van der Waals surface area contributed by atoms with E-state index in [1.54, 1.807) is 0 Å². The molecule has 7 nitrogen and oxygen atoms in total. The molecule has 12 heteroatoms. The standard InChI is InChI=1S/C18H13ClF3N7S/c1-8-2-3-11-12(4-8)30-17(27-11)29-16-13(23)15(25-7-26-16)28-14-10(19)5-9(6-24-14)18(20,21)22/h2-7H,23H2,1H3,(H2,24,25,26,27,28,29). The van der Waals surface area contributed by atoms with Crippen molar-refractivity contribution in [1.29, 1.82) is 0 Å². The number of nitrogens with two attached hydrogens (primary N) is 1. The topological polar surface area (TPSA) is 102 Å². The Balaban J connectivity index is 1.60. The van der Waals surface area contributed by atoms with Gasteiger partial charge in [-0.05, 0) is 30.7 Å². The third-order valence-corrected chi connectivity index (χ3v) is 5.28. The van der Waals surface area contributed by atoms with Crippen molar-refractivity contribution in [2.45, 2.75) is 13.1 Å². The fourth-order valence-electron chi connectivity index (χ4n) is 2.58. The second-order valence-electron chi connectivity index (χ2n) is 6.28. The number of fused-ring (bicyclic) bond motifs is 1. The van der Waals surface area contributed by atoms with Gasteiger partial charge in [0.05, 0.1) is 20.8 Å². The number of halogens is 4. The second kappa shape index (κ2) is 7.58. The average molecular weight is 452 g/mol. The number of rotatable bonds is 4. The van der Waals surface area contributed by atoms with Crippen molar-refractivity contribution < 1.29 is 13.2 Å². The van der Waals surface area contributed by atoms with Gasteiger partial charge in [0.2, 0.25) is 0 Å². The lowest BCUT2D eigenvalue weighted by molar-refractivity contribution is -0.137. The van der Waals surface area contributed by atoms with Gasteiger partial charge in [0.25, 0.3) is 0 Å². The second-order valence-corrected chi connectivity index (χ2v) is 7.71. The number of aryl methyl sites for hydroxylation is 1. The van der Waals surface area contributed by atoms with Crippen LogP contribution < -0.4 is 16.4 Å². The Morgan fingerprint density at radius 3 is 2.47 bits per heavy atom. The number of pyridine rings is 1. The Labute approximate surface area is 177 Å². The molecule has 0 radical (unpaired) electrons. The summed E-state index contributed by atoms with van der Waals surface area (Å²) in [5.41, 5.74) is 7.25. The minimum atomic E-state index is -4.55. The molecule has 0 aliphatic carbocycles. The van der Waals surface area contributed by atoms with Crippen molar-refractivity contribution in [3.05, 3.63) is 52.9 Å². The highest BCUT2D eigenvalue weighted by Gasteiger charge is 2.31. The van der Waals surface area contributed by atoms with Crippen LogP contribution in [0.5, 0.6) is 0 Å². The van der Waals surface area contributed by atoms with E-state index < -0.39 is 11.7 Å². The molecule has 0 aliphatic heterocycles. The zero-order valence-electron chi connectivity index (χ0n) is 15.3. The molecule has 4 N–H and O–H groups in total. The van der Waals surface area contributed by atoms with Crippen LogP contribution in [-0.2, 0) is 6.18 Å². The molecule has 4 rings (SSSR count). The summed E-state index contributed by atoms with van der Waals surface area (Å²) in [7, 11) is 0. The largest absolute Gasteiger partial charge is 0.417 e. The summed E-state index contributed by atoms with van der Waals surface area (Å²) in [5.74, 6) is 0.404. The summed E-state index contributed by atoms with van der Waals surface area (Å²) in [6, 6.07) is 6.68. The summed E-state index contributed by atoms with van der Waals surface area (Å²) < 4.78 is 39.3. The number of nitrogens with zero attached hydrogens (tertiary/aromatic N) is 4. The zero-order chi connectivity index (χ0) is 21.5. The first kappa shape index (κ1) is 20.1. The predicted octanol–water partition coefficient (Wildman–Crippen LogP) is 5.53. The first-order chi connectivity index (χ1) is 14.2. The maximum absolute atomic E-state index is 12.8. The molecule has 3 heterocycles. The highest BCUT2D eigenvalue weighted by Crippen LogP contribution is 2.35. The van der Waals surface area contributed by atoms with Crippen LogP contribution in [0.3, 0.4) is 0 Å². The number of anilines is 5. The molecule has 30 heavy (non-hydrogen) atoms. The Morgan fingerprint density at radius 1 is 1.03 bits per heavy atom. The molecule has 0 spiro atoms. The van der Waals surface area contributed by atoms with Gasteiger partial charge in [0, 0.05) is 6.20 Å². The summed E-state index contributed by atoms with van der Waals surface area (Å²) >= 11 is 7.36. The summed E-state index contributed by atoms with van der Waals surface area (Å²) in [5, 5.41) is 6.13. The summed E-state index contributed by atoms with van der Waals surface area (Å²) in [6.45, 7) is 1.99. The summed E-state index contributed by atoms with van der Waals surface area (Å²) in [6.07, 6.45) is -2.62. The van der Waals surface area contributed by atoms with Crippen LogP contribution in [0.4, 0.5) is 41.4 Å². The normalized spacial score (nSPS) is 11.6. The van der Waals surface area contributed by atoms with Crippen molar-refractivity contribution in [3.63, 3.8) is 0 Å². The highest BCUT2D eigenvalue weighted by molar-refractivity contribution is 7.22. The van der Waals surface area contributed by atoms with Crippen molar-refractivity contribution in [1.82, 2.24) is 19.9 Å². The predicted molar refractivity (Wildman–Crippen MR) is 112 cm³/mol. The van der Waals surface area contributed by atoms with Gasteiger partial charge in [-0.3, -0.25) is 0 Å². The Morgan fingerprint density at radius 2 is 1.77 bits per heavy atom. The van der Waals surface area contributed by atoms with Gasteiger partial charge in [0.15, 0.2) is 16.8 Å². The van der Waals surface area contributed by atoms with E-state index in [-0.39, 0.29) is 28.2 Å². The maximum atomic E-state index is 12.8. The number of aromatic nitrogens is 4. The molecule has 0 atom stereocenters. The lowest BCUT2D eigenvalue weighted by atomic mass is 10.2. The van der Waals surface area contributed by atoms with E-state index in [0.29, 0.717) is 11.3 Å². The molecule has 0 saturated carbocycles. The third kappa shape index (κ3) is 4.07. The first-order valence-electron chi connectivity index (χ1n) is 8.45. The number of alkyl halides is 3. The Bertz CT molecular complexity index is 1240. The quantitative estimate of drug-likeness (QED) is 0.375. The fraction of sp³-hybridized carbons (Fsp3) is 0.111. The van der Waals surface area contributed by atoms with Gasteiger partial charge < -0.3 is 16.4 Å². The molecule has 1 aromatic carbocycles. The van der Waals surface area contributed by atoms with Gasteiger partial charge in [-0.15, -0.1) is 0 Å². The first-order valence-corrected chi connectivity index (χ1v) is 9.64. The van der Waals surface area contributed by atoms with Crippen LogP contribution in [0.2, 0.25) is 5.02 Å². The Kier molecular flexibility index (Phi) is 5.08. The molecule has 3 aromatic heterocycles. The molecule has 0 amide bonds. The maximum Gasteiger partial charge on any atom is 0.417 e. The van der Waals surface area contributed by atoms with Gasteiger partial charge >= 0.3 is 6.18 Å². The smallest absolute Gasteiger partial charge is 0.393 e. The van der Waals surface area contributed by atoms with Crippen molar-refractivity contribution in [2.24, 2.45) is 0 Å². The average Bonchev–Trinajstić information content (AvgIpc) is 3.07. The molecule has 0 saturated heterocycles. The van der Waals surface area contributed by atoms with Gasteiger partial charge in [0.1, 0.15) is 17.8 Å². The SMILES string of the molecule is Cc1ccc2nc(Nc3ncnc(Nc4ncc(C(F)(F)F)cc4Cl)c3N)sc2c1. The van der Waals surface area contributed by atoms with E-state index >= 15 is 0 Å². The van der Waals surface area contributed by atoms with Crippen LogP contribution in [0.25, 0.3) is 10.2 Å². The van der Waals surface area contributed by atoms with Gasteiger partial charge in [-0.25, -0.2) is 19.9 Å². The van der Waals surface area contributed by atoms with Gasteiger partial charge in [-0.1, -0.05) is 29.0 Å². The minimum Gasteiger partial charge on any atom is -0.393 e. The van der Waals surface area contributed by atoms with E-state index in [0.717, 1.165) is 21.8 Å². The van der Waals surface area contributed by atoms with Crippen molar-refractivity contribution in [2.75, 3.05) is 16.4 Å². The fourth-order valence-corrected chi connectivity index (χ4v) is 3.76. The van der Waals surface area contributed by atoms with Crippen LogP contribution in [0.15, 0.2) is 36.8 Å². The Hall–Kier alpha value is -3.18. The molecule has 154 valence electrons. The van der Waals surface area contributed by atoms with Crippen LogP contribution >= 0.6 is 22.9 Å². The van der Waals surface area contributed by atoms with Crippen LogP contribution in [-0.4, -0.2) is 19.9 Å². The minimum absolute atomic E-state index is 0.0171. The number of nitrogen functional groups attached to an aromatic ring is 1. The van der Waals surface area contributed by atoms with E-state index in [2.05, 4.69) is 30.6 Å². The van der Waals surface area contributed by atoms with Crippen molar-refractivity contribution in [3.8, 4) is 0 Å². The van der Waals surface area contributed by atoms with Crippen molar-refractivity contribution >= 4 is 61.4 Å². The van der Waals surface area contributed by atoms with E-state index in [9.17, 15) is 13.2 Å². The lowest BCUT2D eigenvalue weighted by Crippen LogP contribution is -2.08. The number of thiazole rings is 1. The van der Waals surface area contributed by atoms with E-state index in [4.69, 9.17) is 17.3 Å². The zero-order valence-corrected chi connectivity index (χ0v) is 16.8. The summed E-state index contributed by atoms with van der Waals surface area (Å²) in [4.78, 5) is 16.3. The van der Waals surface area contributed by atoms with Gasteiger partial charge in [-0.2, -0.15) is 13.2 Å². The molecule has 4 aromatic rings. The number of nitrogens with one attached hydrogen (secondary N) is 2. The molecular weight excluding hydrogens is 439 g/mol. The molecule has 0 unspecified atom stereocenters. The number of hydrogen-bond donors (Lipinski definition) is 3. The molecule has 0 bridgehead atoms. The number of hydrogen-bond acceptors (Lipinski definition) is 8. The molecule has 0 fully saturated rings. The van der Waals surface area contributed by atoms with Crippen LogP contribution in [0, 0.1) is 6.92 Å². The lowest BCUT2D eigenvalue weighted by Gasteiger charge is -2.13.